The summed E-state index contributed by atoms with van der Waals surface area (Å²) in [7, 11) is 0. The maximum Gasteiger partial charge on any atom is 0.162 e. The number of fused-ring (bicyclic) bond motifs is 4. The van der Waals surface area contributed by atoms with Crippen LogP contribution in [0, 0.1) is 0 Å². The zero-order chi connectivity index (χ0) is 29.6. The molecule has 0 radical (unpaired) electrons. The van der Waals surface area contributed by atoms with Gasteiger partial charge < -0.3 is 38.4 Å². The molecule has 0 saturated carbocycles. The molecule has 44 heavy (non-hydrogen) atoms. The zero-order valence-corrected chi connectivity index (χ0v) is 24.1. The van der Waals surface area contributed by atoms with Gasteiger partial charge in [-0.3, -0.25) is 0 Å². The minimum absolute atomic E-state index is 0.340. The molecule has 0 amide bonds. The van der Waals surface area contributed by atoms with Crippen molar-refractivity contribution < 1.29 is 28.4 Å². The summed E-state index contributed by atoms with van der Waals surface area (Å²) in [4.78, 5) is 16.2. The van der Waals surface area contributed by atoms with Gasteiger partial charge in [-0.1, -0.05) is 24.3 Å². The molecule has 0 fully saturated rings. The maximum absolute atomic E-state index is 6.11. The summed E-state index contributed by atoms with van der Waals surface area (Å²) in [6, 6.07) is 27.4. The smallest absolute Gasteiger partial charge is 0.162 e. The summed E-state index contributed by atoms with van der Waals surface area (Å²) in [5.41, 5.74) is 5.56. The molecular formula is C34H32N4O6. The van der Waals surface area contributed by atoms with Crippen LogP contribution in [-0.2, 0) is 9.47 Å². The second kappa shape index (κ2) is 13.1. The summed E-state index contributed by atoms with van der Waals surface area (Å²) in [6.45, 7) is 2.94. The van der Waals surface area contributed by atoms with E-state index < -0.39 is 0 Å². The van der Waals surface area contributed by atoms with E-state index in [-0.39, 0.29) is 0 Å². The van der Waals surface area contributed by atoms with Gasteiger partial charge in [0.1, 0.15) is 38.1 Å². The highest BCUT2D eigenvalue weighted by atomic mass is 16.6. The molecule has 3 heterocycles. The Labute approximate surface area is 253 Å². The van der Waals surface area contributed by atoms with Crippen LogP contribution >= 0.6 is 0 Å². The summed E-state index contributed by atoms with van der Waals surface area (Å²) < 4.78 is 35.9. The van der Waals surface area contributed by atoms with Crippen LogP contribution in [0.3, 0.4) is 0 Å². The predicted octanol–water partition coefficient (Wildman–Crippen LogP) is 6.04. The largest absolute Gasteiger partial charge is 0.487 e. The normalized spacial score (nSPS) is 15.1. The van der Waals surface area contributed by atoms with Crippen molar-refractivity contribution in [3.8, 4) is 45.8 Å². The van der Waals surface area contributed by atoms with Crippen molar-refractivity contribution in [2.45, 2.75) is 0 Å². The van der Waals surface area contributed by atoms with Gasteiger partial charge in [-0.25, -0.2) is 9.97 Å². The van der Waals surface area contributed by atoms with Crippen molar-refractivity contribution in [3.05, 3.63) is 84.9 Å². The molecule has 2 aromatic heterocycles. The second-order valence-electron chi connectivity index (χ2n) is 10.1. The molecule has 1 aliphatic rings. The molecule has 6 aromatic rings. The number of nitrogens with one attached hydrogen (secondary N) is 2. The fraction of sp³-hybridized carbons (Fsp3) is 0.235. The molecule has 4 aromatic carbocycles. The van der Waals surface area contributed by atoms with Crippen LogP contribution in [0.15, 0.2) is 84.9 Å². The third-order valence-corrected chi connectivity index (χ3v) is 7.15. The van der Waals surface area contributed by atoms with Crippen LogP contribution < -0.4 is 18.9 Å². The quantitative estimate of drug-likeness (QED) is 0.251. The number of aromatic nitrogens is 4. The minimum Gasteiger partial charge on any atom is -0.487 e. The Hall–Kier alpha value is -5.06. The average Bonchev–Trinajstić information content (AvgIpc) is 3.69. The molecular weight excluding hydrogens is 560 g/mol. The molecule has 0 spiro atoms. The number of nitrogens with zero attached hydrogens (tertiary/aromatic N) is 2. The van der Waals surface area contributed by atoms with Crippen LogP contribution in [0.2, 0.25) is 0 Å². The second-order valence-corrected chi connectivity index (χ2v) is 10.1. The van der Waals surface area contributed by atoms with E-state index in [0.29, 0.717) is 75.9 Å². The number of imidazole rings is 2. The first-order valence-corrected chi connectivity index (χ1v) is 14.7. The summed E-state index contributed by atoms with van der Waals surface area (Å²) in [5, 5.41) is 0. The molecule has 10 heteroatoms. The summed E-state index contributed by atoms with van der Waals surface area (Å²) in [6.07, 6.45) is 0. The van der Waals surface area contributed by atoms with E-state index in [1.165, 1.54) is 0 Å². The third-order valence-electron chi connectivity index (χ3n) is 7.15. The molecule has 0 aliphatic carbocycles. The molecule has 224 valence electrons. The van der Waals surface area contributed by atoms with Crippen LogP contribution in [0.25, 0.3) is 44.8 Å². The van der Waals surface area contributed by atoms with E-state index in [4.69, 9.17) is 38.4 Å². The number of rotatable bonds is 2. The number of hydrogen-bond acceptors (Lipinski definition) is 8. The van der Waals surface area contributed by atoms with Crippen molar-refractivity contribution in [2.75, 3.05) is 52.9 Å². The zero-order valence-electron chi connectivity index (χ0n) is 24.1. The van der Waals surface area contributed by atoms with Gasteiger partial charge in [-0.05, 0) is 60.7 Å². The lowest BCUT2D eigenvalue weighted by Crippen LogP contribution is -2.15. The van der Waals surface area contributed by atoms with Gasteiger partial charge in [0.2, 0.25) is 0 Å². The Morgan fingerprint density at radius 1 is 0.432 bits per heavy atom. The Morgan fingerprint density at radius 2 is 0.841 bits per heavy atom. The number of ether oxygens (including phenoxy) is 6. The van der Waals surface area contributed by atoms with E-state index in [2.05, 4.69) is 9.97 Å². The van der Waals surface area contributed by atoms with E-state index in [9.17, 15) is 0 Å². The van der Waals surface area contributed by atoms with Gasteiger partial charge >= 0.3 is 0 Å². The van der Waals surface area contributed by atoms with Crippen molar-refractivity contribution in [2.24, 2.45) is 0 Å². The minimum atomic E-state index is 0.340. The van der Waals surface area contributed by atoms with E-state index in [1.807, 2.05) is 84.9 Å². The highest BCUT2D eigenvalue weighted by molar-refractivity contribution is 5.80. The first-order chi connectivity index (χ1) is 21.8. The number of H-pyrrole nitrogens is 2. The van der Waals surface area contributed by atoms with E-state index in [0.717, 1.165) is 44.8 Å². The van der Waals surface area contributed by atoms with Crippen molar-refractivity contribution in [1.82, 2.24) is 19.9 Å². The van der Waals surface area contributed by atoms with Gasteiger partial charge in [0.25, 0.3) is 0 Å². The lowest BCUT2D eigenvalue weighted by molar-refractivity contribution is 0.0640. The van der Waals surface area contributed by atoms with Gasteiger partial charge in [0.05, 0.1) is 48.5 Å². The lowest BCUT2D eigenvalue weighted by Gasteiger charge is -2.16. The van der Waals surface area contributed by atoms with E-state index in [1.54, 1.807) is 0 Å². The van der Waals surface area contributed by atoms with Crippen molar-refractivity contribution >= 4 is 22.1 Å². The van der Waals surface area contributed by atoms with Gasteiger partial charge in [-0.15, -0.1) is 0 Å². The van der Waals surface area contributed by atoms with Crippen molar-refractivity contribution in [1.29, 1.82) is 0 Å². The maximum atomic E-state index is 6.11. The Kier molecular flexibility index (Phi) is 8.24. The molecule has 7 rings (SSSR count). The van der Waals surface area contributed by atoms with Crippen LogP contribution in [0.4, 0.5) is 0 Å². The van der Waals surface area contributed by atoms with E-state index >= 15 is 0 Å². The Bertz CT molecular complexity index is 1670. The van der Waals surface area contributed by atoms with Crippen LogP contribution in [0.1, 0.15) is 0 Å². The predicted molar refractivity (Wildman–Crippen MR) is 167 cm³/mol. The summed E-state index contributed by atoms with van der Waals surface area (Å²) in [5.74, 6) is 4.00. The average molecular weight is 593 g/mol. The fourth-order valence-corrected chi connectivity index (χ4v) is 5.00. The molecule has 0 unspecified atom stereocenters. The van der Waals surface area contributed by atoms with Gasteiger partial charge in [0.15, 0.2) is 23.0 Å². The molecule has 2 N–H and O–H groups in total. The van der Waals surface area contributed by atoms with Crippen LogP contribution in [0.5, 0.6) is 23.0 Å². The molecule has 1 aliphatic heterocycles. The monoisotopic (exact) mass is 592 g/mol. The highest BCUT2D eigenvalue weighted by Gasteiger charge is 2.14. The summed E-state index contributed by atoms with van der Waals surface area (Å²) >= 11 is 0. The number of aromatic amines is 2. The molecule has 0 bridgehead atoms. The Balaban J connectivity index is 1.03. The third kappa shape index (κ3) is 6.31. The van der Waals surface area contributed by atoms with Gasteiger partial charge in [0, 0.05) is 11.1 Å². The molecule has 10 nitrogen and oxygen atoms in total. The Morgan fingerprint density at radius 3 is 1.27 bits per heavy atom. The number of para-hydroxylation sites is 4. The highest BCUT2D eigenvalue weighted by Crippen LogP contribution is 2.34. The topological polar surface area (TPSA) is 113 Å². The first-order valence-electron chi connectivity index (χ1n) is 14.7. The molecule has 0 saturated heterocycles. The fourth-order valence-electron chi connectivity index (χ4n) is 5.00. The van der Waals surface area contributed by atoms with Gasteiger partial charge in [-0.2, -0.15) is 0 Å². The molecule has 0 atom stereocenters. The lowest BCUT2D eigenvalue weighted by atomic mass is 10.2. The van der Waals surface area contributed by atoms with Crippen LogP contribution in [-0.4, -0.2) is 72.8 Å². The standard InChI is InChI=1S/C34H32N4O6/c1-2-6-26-25(5-1)35-33(36-26)23-9-11-29-31(21-23)43-19-15-40-16-20-44-32-22-24(34-37-27-7-3-4-8-28(27)38-34)10-12-30(32)42-18-14-39-13-17-41-29/h1-12,21-22H,13-20H2,(H,35,36)(H,37,38). The number of benzene rings is 4. The SMILES string of the molecule is c1ccc2[nH]c(-c3ccc4c(c3)OCCOCCOc3cc(-c5nc6ccccc6[nH]5)ccc3OCCOCCO4)nc2c1. The first kappa shape index (κ1) is 27.8. The van der Waals surface area contributed by atoms with Crippen molar-refractivity contribution in [3.63, 3.8) is 0 Å². The number of hydrogen-bond donors (Lipinski definition) is 2.